The van der Waals surface area contributed by atoms with Crippen LogP contribution < -0.4 is 5.43 Å². The Morgan fingerprint density at radius 3 is 2.57 bits per heavy atom. The van der Waals surface area contributed by atoms with Crippen LogP contribution in [0.2, 0.25) is 5.02 Å². The summed E-state index contributed by atoms with van der Waals surface area (Å²) in [5.74, 6) is -0.0282. The van der Waals surface area contributed by atoms with Gasteiger partial charge < -0.3 is 4.98 Å². The van der Waals surface area contributed by atoms with Gasteiger partial charge in [0.15, 0.2) is 11.2 Å². The maximum Gasteiger partial charge on any atom is 0.189 e. The molecule has 0 saturated heterocycles. The van der Waals surface area contributed by atoms with Crippen molar-refractivity contribution in [2.24, 2.45) is 0 Å². The van der Waals surface area contributed by atoms with E-state index in [1.807, 2.05) is 18.2 Å². The fraction of sp³-hybridized carbons (Fsp3) is 0.0588. The van der Waals surface area contributed by atoms with Crippen molar-refractivity contribution < 1.29 is 4.79 Å². The second-order valence-corrected chi connectivity index (χ2v) is 5.25. The largest absolute Gasteiger partial charge is 0.358 e. The summed E-state index contributed by atoms with van der Waals surface area (Å²) in [4.78, 5) is 27.4. The number of aromatic amines is 1. The normalized spacial score (nSPS) is 10.7. The number of Topliss-reactive ketones (excluding diaryl/α,β-unsaturated/α-hetero) is 1. The Morgan fingerprint density at radius 2 is 1.81 bits per heavy atom. The van der Waals surface area contributed by atoms with Gasteiger partial charge in [-0.15, -0.1) is 0 Å². The van der Waals surface area contributed by atoms with Gasteiger partial charge in [0.1, 0.15) is 0 Å². The number of hydrogen-bond donors (Lipinski definition) is 1. The predicted octanol–water partition coefficient (Wildman–Crippen LogP) is 3.61. The van der Waals surface area contributed by atoms with Crippen LogP contribution >= 0.6 is 11.6 Å². The van der Waals surface area contributed by atoms with Gasteiger partial charge >= 0.3 is 0 Å². The second-order valence-electron chi connectivity index (χ2n) is 4.81. The van der Waals surface area contributed by atoms with E-state index in [4.69, 9.17) is 11.6 Å². The van der Waals surface area contributed by atoms with Crippen LogP contribution in [0.1, 0.15) is 16.1 Å². The molecule has 0 amide bonds. The van der Waals surface area contributed by atoms with Gasteiger partial charge in [0.2, 0.25) is 0 Å². The van der Waals surface area contributed by atoms with E-state index in [0.717, 1.165) is 0 Å². The maximum atomic E-state index is 12.2. The average molecular weight is 298 g/mol. The number of aromatic nitrogens is 1. The number of pyridine rings is 1. The number of carbonyl (C=O) groups excluding carboxylic acids is 1. The van der Waals surface area contributed by atoms with Gasteiger partial charge in [-0.2, -0.15) is 0 Å². The third-order valence-corrected chi connectivity index (χ3v) is 3.53. The number of fused-ring (bicyclic) bond motifs is 1. The number of halogens is 1. The summed E-state index contributed by atoms with van der Waals surface area (Å²) in [6, 6.07) is 15.6. The molecule has 2 aromatic carbocycles. The average Bonchev–Trinajstić information content (AvgIpc) is 2.49. The maximum absolute atomic E-state index is 12.2. The van der Waals surface area contributed by atoms with Gasteiger partial charge in [-0.3, -0.25) is 9.59 Å². The summed E-state index contributed by atoms with van der Waals surface area (Å²) in [5, 5.41) is 1.04. The molecule has 3 rings (SSSR count). The Morgan fingerprint density at radius 1 is 1.05 bits per heavy atom. The van der Waals surface area contributed by atoms with Crippen molar-refractivity contribution in [2.75, 3.05) is 0 Å². The van der Waals surface area contributed by atoms with Crippen LogP contribution in [-0.2, 0) is 6.42 Å². The summed E-state index contributed by atoms with van der Waals surface area (Å²) < 4.78 is 0. The van der Waals surface area contributed by atoms with Crippen LogP contribution in [0.15, 0.2) is 59.4 Å². The van der Waals surface area contributed by atoms with E-state index in [2.05, 4.69) is 4.98 Å². The molecule has 0 spiro atoms. The second kappa shape index (κ2) is 5.54. The SMILES string of the molecule is O=C(Cc1cc(=O)c2cc(Cl)ccc2[nH]1)c1ccccc1. The first kappa shape index (κ1) is 13.6. The molecule has 0 unspecified atom stereocenters. The molecule has 0 fully saturated rings. The minimum Gasteiger partial charge on any atom is -0.358 e. The first-order valence-corrected chi connectivity index (χ1v) is 6.91. The number of H-pyrrole nitrogens is 1. The fourth-order valence-corrected chi connectivity index (χ4v) is 2.44. The highest BCUT2D eigenvalue weighted by molar-refractivity contribution is 6.31. The molecule has 1 heterocycles. The fourth-order valence-electron chi connectivity index (χ4n) is 2.27. The molecule has 104 valence electrons. The van der Waals surface area contributed by atoms with E-state index in [1.54, 1.807) is 30.3 Å². The molecule has 1 aromatic heterocycles. The summed E-state index contributed by atoms with van der Waals surface area (Å²) in [5.41, 5.74) is 1.78. The Balaban J connectivity index is 1.97. The lowest BCUT2D eigenvalue weighted by molar-refractivity contribution is 0.0992. The van der Waals surface area contributed by atoms with Crippen LogP contribution in [0.4, 0.5) is 0 Å². The Kier molecular flexibility index (Phi) is 3.59. The highest BCUT2D eigenvalue weighted by Gasteiger charge is 2.09. The zero-order valence-electron chi connectivity index (χ0n) is 11.1. The summed E-state index contributed by atoms with van der Waals surface area (Å²) >= 11 is 5.89. The highest BCUT2D eigenvalue weighted by Crippen LogP contribution is 2.15. The van der Waals surface area contributed by atoms with Crippen LogP contribution in [0.3, 0.4) is 0 Å². The van der Waals surface area contributed by atoms with Crippen LogP contribution in [0, 0.1) is 0 Å². The Bertz CT molecular complexity index is 869. The number of ketones is 1. The first-order chi connectivity index (χ1) is 10.1. The number of carbonyl (C=O) groups is 1. The van der Waals surface area contributed by atoms with E-state index >= 15 is 0 Å². The minimum absolute atomic E-state index is 0.0282. The van der Waals surface area contributed by atoms with Crippen LogP contribution in [-0.4, -0.2) is 10.8 Å². The molecular formula is C17H12ClNO2. The number of nitrogens with one attached hydrogen (secondary N) is 1. The van der Waals surface area contributed by atoms with E-state index in [9.17, 15) is 9.59 Å². The van der Waals surface area contributed by atoms with Gasteiger partial charge in [0, 0.05) is 33.2 Å². The van der Waals surface area contributed by atoms with Crippen LogP contribution in [0.5, 0.6) is 0 Å². The molecule has 0 aliphatic heterocycles. The number of hydrogen-bond acceptors (Lipinski definition) is 2. The predicted molar refractivity (Wildman–Crippen MR) is 84.1 cm³/mol. The lowest BCUT2D eigenvalue weighted by Crippen LogP contribution is -2.10. The lowest BCUT2D eigenvalue weighted by Gasteiger charge is -2.04. The van der Waals surface area contributed by atoms with Gasteiger partial charge in [-0.05, 0) is 18.2 Å². The zero-order chi connectivity index (χ0) is 14.8. The van der Waals surface area contributed by atoms with Crippen LogP contribution in [0.25, 0.3) is 10.9 Å². The van der Waals surface area contributed by atoms with E-state index in [0.29, 0.717) is 27.2 Å². The first-order valence-electron chi connectivity index (χ1n) is 6.53. The molecule has 0 radical (unpaired) electrons. The Labute approximate surface area is 126 Å². The van der Waals surface area contributed by atoms with Crippen molar-refractivity contribution >= 4 is 28.3 Å². The smallest absolute Gasteiger partial charge is 0.189 e. The monoisotopic (exact) mass is 297 g/mol. The zero-order valence-corrected chi connectivity index (χ0v) is 11.9. The molecule has 0 aliphatic rings. The number of benzene rings is 2. The van der Waals surface area contributed by atoms with E-state index < -0.39 is 0 Å². The van der Waals surface area contributed by atoms with E-state index in [-0.39, 0.29) is 17.6 Å². The topological polar surface area (TPSA) is 49.9 Å². The summed E-state index contributed by atoms with van der Waals surface area (Å²) in [6.45, 7) is 0. The number of rotatable bonds is 3. The van der Waals surface area contributed by atoms with Gasteiger partial charge in [0.05, 0.1) is 6.42 Å². The molecule has 0 aliphatic carbocycles. The highest BCUT2D eigenvalue weighted by atomic mass is 35.5. The summed E-state index contributed by atoms with van der Waals surface area (Å²) in [6.07, 6.45) is 0.165. The molecule has 1 N–H and O–H groups in total. The van der Waals surface area contributed by atoms with Gasteiger partial charge in [-0.1, -0.05) is 41.9 Å². The van der Waals surface area contributed by atoms with Crippen molar-refractivity contribution in [3.63, 3.8) is 0 Å². The Hall–Kier alpha value is -2.39. The van der Waals surface area contributed by atoms with Gasteiger partial charge in [0.25, 0.3) is 0 Å². The molecule has 0 bridgehead atoms. The molecule has 0 atom stereocenters. The molecular weight excluding hydrogens is 286 g/mol. The lowest BCUT2D eigenvalue weighted by atomic mass is 10.1. The van der Waals surface area contributed by atoms with Crippen molar-refractivity contribution in [1.82, 2.24) is 4.98 Å². The third-order valence-electron chi connectivity index (χ3n) is 3.29. The van der Waals surface area contributed by atoms with Crippen molar-refractivity contribution in [3.05, 3.63) is 81.1 Å². The quantitative estimate of drug-likeness (QED) is 0.751. The van der Waals surface area contributed by atoms with E-state index in [1.165, 1.54) is 6.07 Å². The summed E-state index contributed by atoms with van der Waals surface area (Å²) in [7, 11) is 0. The van der Waals surface area contributed by atoms with Crippen molar-refractivity contribution in [2.45, 2.75) is 6.42 Å². The molecule has 4 heteroatoms. The molecule has 21 heavy (non-hydrogen) atoms. The molecule has 3 aromatic rings. The molecule has 0 saturated carbocycles. The van der Waals surface area contributed by atoms with Crippen molar-refractivity contribution in [3.8, 4) is 0 Å². The standard InChI is InChI=1S/C17H12ClNO2/c18-12-6-7-15-14(8-12)17(21)10-13(19-15)9-16(20)11-4-2-1-3-5-11/h1-8,10H,9H2,(H,19,21). The van der Waals surface area contributed by atoms with Gasteiger partial charge in [-0.25, -0.2) is 0 Å². The molecule has 3 nitrogen and oxygen atoms in total. The van der Waals surface area contributed by atoms with Crippen molar-refractivity contribution in [1.29, 1.82) is 0 Å². The minimum atomic E-state index is -0.137. The third kappa shape index (κ3) is 2.88.